The number of benzene rings is 1. The van der Waals surface area contributed by atoms with Crippen molar-refractivity contribution in [1.82, 2.24) is 21.3 Å². The first kappa shape index (κ1) is 42.8. The average molecular weight is 769 g/mol. The number of nitrogens with one attached hydrogen (secondary N) is 4. The average Bonchev–Trinajstić information content (AvgIpc) is 3.09. The molecule has 0 bridgehead atoms. The van der Waals surface area contributed by atoms with E-state index in [9.17, 15) is 47.9 Å². The molecule has 1 aliphatic rings. The van der Waals surface area contributed by atoms with Crippen LogP contribution >= 0.6 is 23.5 Å². The molecule has 4 atom stereocenters. The molecule has 4 unspecified atom stereocenters. The number of amides is 4. The number of nitrogens with two attached hydrogens (primary N) is 2. The van der Waals surface area contributed by atoms with Crippen LogP contribution in [0.5, 0.6) is 0 Å². The number of carbonyl (C=O) groups is 10. The van der Waals surface area contributed by atoms with Gasteiger partial charge >= 0.3 is 23.9 Å². The number of ketones is 2. The maximum atomic E-state index is 13.7. The maximum absolute atomic E-state index is 13.7. The molecular formula is C30H36N6O14S2. The number of allylic oxidation sites excluding steroid dienone is 2. The number of thioether (sulfide) groups is 2. The van der Waals surface area contributed by atoms with E-state index in [4.69, 9.17) is 31.9 Å². The van der Waals surface area contributed by atoms with Gasteiger partial charge in [0, 0.05) is 35.5 Å². The summed E-state index contributed by atoms with van der Waals surface area (Å²) in [6, 6.07) is -0.0922. The smallest absolute Gasteiger partial charge is 0.322 e. The fraction of sp³-hybridized carbons (Fsp3) is 0.400. The Morgan fingerprint density at radius 1 is 0.615 bits per heavy atom. The van der Waals surface area contributed by atoms with E-state index < -0.39 is 121 Å². The number of aliphatic carboxylic acids is 4. The van der Waals surface area contributed by atoms with E-state index >= 15 is 0 Å². The number of hydrogen-bond acceptors (Lipinski definition) is 14. The Morgan fingerprint density at radius 3 is 1.27 bits per heavy atom. The monoisotopic (exact) mass is 768 g/mol. The van der Waals surface area contributed by atoms with E-state index in [1.54, 1.807) is 0 Å². The maximum Gasteiger partial charge on any atom is 0.322 e. The summed E-state index contributed by atoms with van der Waals surface area (Å²) in [6.45, 7) is -1.68. The molecule has 2 rings (SSSR count). The van der Waals surface area contributed by atoms with Crippen molar-refractivity contribution in [3.05, 3.63) is 45.2 Å². The Hall–Kier alpha value is -5.32. The molecule has 20 nitrogen and oxygen atoms in total. The SMILES string of the molecule is NC(CCC(=O)NC(CSC1=C(SCC(NC(=O)CCC(N)C(=O)O)C(=O)NCC(=O)O)C(=O)c2ccccc2C1=O)C(=O)NCC(=O)O)C(=O)O. The molecule has 4 amide bonds. The van der Waals surface area contributed by atoms with Crippen molar-refractivity contribution in [2.45, 2.75) is 49.9 Å². The zero-order valence-corrected chi connectivity index (χ0v) is 28.8. The van der Waals surface area contributed by atoms with E-state index in [1.165, 1.54) is 24.3 Å². The van der Waals surface area contributed by atoms with Gasteiger partial charge in [-0.2, -0.15) is 0 Å². The Morgan fingerprint density at radius 2 is 0.962 bits per heavy atom. The highest BCUT2D eigenvalue weighted by Crippen LogP contribution is 2.38. The number of Topliss-reactive ketones (excluding diaryl/α,β-unsaturated/α-hetero) is 2. The van der Waals surface area contributed by atoms with Crippen molar-refractivity contribution in [2.75, 3.05) is 24.6 Å². The van der Waals surface area contributed by atoms with Gasteiger partial charge in [-0.15, -0.1) is 23.5 Å². The fourth-order valence-corrected chi connectivity index (χ4v) is 6.64. The highest BCUT2D eigenvalue weighted by Gasteiger charge is 2.35. The standard InChI is InChI=1S/C30H36N6O14S2/c31-15(29(47)48)5-7-19(37)35-17(27(45)33-9-21(39)40)11-51-25-23(43)13-3-1-2-4-14(13)24(44)26(25)52-12-18(28(46)34-10-22(41)42)36-20(38)8-6-16(32)30(49)50/h1-4,15-18H,5-12,31-32H2,(H,33,45)(H,34,46)(H,35,37)(H,36,38)(H,39,40)(H,41,42)(H,47,48)(H,49,50). The van der Waals surface area contributed by atoms with Crippen molar-refractivity contribution >= 4 is 82.6 Å². The second kappa shape index (κ2) is 20.5. The molecule has 0 aromatic heterocycles. The molecule has 282 valence electrons. The summed E-state index contributed by atoms with van der Waals surface area (Å²) in [7, 11) is 0. The lowest BCUT2D eigenvalue weighted by Crippen LogP contribution is -2.50. The lowest BCUT2D eigenvalue weighted by atomic mass is 9.94. The first-order valence-electron chi connectivity index (χ1n) is 15.2. The van der Waals surface area contributed by atoms with Crippen LogP contribution in [-0.2, 0) is 38.4 Å². The summed E-state index contributed by atoms with van der Waals surface area (Å²) >= 11 is 1.27. The van der Waals surface area contributed by atoms with Crippen molar-refractivity contribution < 1.29 is 68.4 Å². The summed E-state index contributed by atoms with van der Waals surface area (Å²) in [4.78, 5) is 122. The highest BCUT2D eigenvalue weighted by atomic mass is 32.2. The zero-order chi connectivity index (χ0) is 39.1. The van der Waals surface area contributed by atoms with Crippen LogP contribution in [0.25, 0.3) is 0 Å². The molecule has 0 saturated heterocycles. The summed E-state index contributed by atoms with van der Waals surface area (Å²) in [5.74, 6) is -11.5. The second-order valence-electron chi connectivity index (χ2n) is 10.9. The van der Waals surface area contributed by atoms with Gasteiger partial charge in [0.05, 0.1) is 9.81 Å². The Bertz CT molecular complexity index is 1530. The number of carboxylic acid groups (broad SMARTS) is 4. The van der Waals surface area contributed by atoms with Gasteiger partial charge < -0.3 is 53.2 Å². The Kier molecular flexibility index (Phi) is 16.9. The molecule has 0 heterocycles. The minimum absolute atomic E-state index is 0.0169. The highest BCUT2D eigenvalue weighted by molar-refractivity contribution is 8.08. The van der Waals surface area contributed by atoms with Crippen molar-refractivity contribution in [3.8, 4) is 0 Å². The number of hydrogen-bond donors (Lipinski definition) is 10. The van der Waals surface area contributed by atoms with E-state index in [0.717, 1.165) is 0 Å². The molecule has 0 radical (unpaired) electrons. The van der Waals surface area contributed by atoms with Crippen LogP contribution in [-0.4, -0.2) is 128 Å². The van der Waals surface area contributed by atoms with Crippen LogP contribution in [0.3, 0.4) is 0 Å². The predicted molar refractivity (Wildman–Crippen MR) is 182 cm³/mol. The summed E-state index contributed by atoms with van der Waals surface area (Å²) in [5.41, 5.74) is 10.8. The lowest BCUT2D eigenvalue weighted by Gasteiger charge is -2.24. The summed E-state index contributed by atoms with van der Waals surface area (Å²) in [6.07, 6.45) is -1.49. The number of rotatable bonds is 22. The lowest BCUT2D eigenvalue weighted by molar-refractivity contribution is -0.140. The predicted octanol–water partition coefficient (Wildman–Crippen LogP) is -2.50. The first-order valence-corrected chi connectivity index (χ1v) is 17.1. The molecule has 1 aromatic carbocycles. The largest absolute Gasteiger partial charge is 0.480 e. The fourth-order valence-electron chi connectivity index (χ4n) is 4.22. The molecule has 0 spiro atoms. The number of carbonyl (C=O) groups excluding carboxylic acids is 6. The topological polar surface area (TPSA) is 352 Å². The van der Waals surface area contributed by atoms with E-state index in [2.05, 4.69) is 21.3 Å². The molecule has 1 aliphatic carbocycles. The third-order valence-electron chi connectivity index (χ3n) is 6.95. The van der Waals surface area contributed by atoms with Gasteiger partial charge in [-0.25, -0.2) is 0 Å². The van der Waals surface area contributed by atoms with Crippen LogP contribution in [0.4, 0.5) is 0 Å². The second-order valence-corrected chi connectivity index (χ2v) is 13.0. The van der Waals surface area contributed by atoms with Crippen molar-refractivity contribution in [3.63, 3.8) is 0 Å². The minimum atomic E-state index is -1.51. The molecule has 1 aromatic rings. The zero-order valence-electron chi connectivity index (χ0n) is 27.1. The van der Waals surface area contributed by atoms with Crippen LogP contribution < -0.4 is 32.7 Å². The molecule has 0 fully saturated rings. The molecule has 0 aliphatic heterocycles. The van der Waals surface area contributed by atoms with Crippen molar-refractivity contribution in [2.24, 2.45) is 11.5 Å². The summed E-state index contributed by atoms with van der Waals surface area (Å²) in [5, 5.41) is 44.8. The van der Waals surface area contributed by atoms with E-state index in [1.807, 2.05) is 0 Å². The molecular weight excluding hydrogens is 732 g/mol. The quantitative estimate of drug-likeness (QED) is 0.0582. The van der Waals surface area contributed by atoms with Gasteiger partial charge in [-0.05, 0) is 12.8 Å². The van der Waals surface area contributed by atoms with Gasteiger partial charge in [0.1, 0.15) is 37.3 Å². The van der Waals surface area contributed by atoms with E-state index in [0.29, 0.717) is 23.5 Å². The first-order chi connectivity index (χ1) is 24.4. The number of carboxylic acids is 4. The van der Waals surface area contributed by atoms with Gasteiger partial charge in [-0.1, -0.05) is 24.3 Å². The molecule has 52 heavy (non-hydrogen) atoms. The van der Waals surface area contributed by atoms with Gasteiger partial charge in [-0.3, -0.25) is 47.9 Å². The van der Waals surface area contributed by atoms with Gasteiger partial charge in [0.25, 0.3) is 0 Å². The van der Waals surface area contributed by atoms with E-state index in [-0.39, 0.29) is 33.8 Å². The van der Waals surface area contributed by atoms with Crippen LogP contribution in [0.2, 0.25) is 0 Å². The third-order valence-corrected chi connectivity index (χ3v) is 9.44. The van der Waals surface area contributed by atoms with Crippen LogP contribution in [0.1, 0.15) is 46.4 Å². The number of fused-ring (bicyclic) bond motifs is 1. The van der Waals surface area contributed by atoms with Crippen LogP contribution in [0.15, 0.2) is 34.1 Å². The Labute approximate surface area is 302 Å². The minimum Gasteiger partial charge on any atom is -0.480 e. The molecule has 0 saturated carbocycles. The van der Waals surface area contributed by atoms with Gasteiger partial charge in [0.15, 0.2) is 0 Å². The van der Waals surface area contributed by atoms with Crippen LogP contribution in [0, 0.1) is 0 Å². The summed E-state index contributed by atoms with van der Waals surface area (Å²) < 4.78 is 0. The molecule has 22 heteroatoms. The van der Waals surface area contributed by atoms with Crippen molar-refractivity contribution in [1.29, 1.82) is 0 Å². The van der Waals surface area contributed by atoms with Gasteiger partial charge in [0.2, 0.25) is 35.2 Å². The third kappa shape index (κ3) is 13.4. The molecule has 12 N–H and O–H groups in total. The normalized spacial score (nSPS) is 14.6. The Balaban J connectivity index is 2.43.